The second-order valence-corrected chi connectivity index (χ2v) is 3.88. The molecule has 0 amide bonds. The topological polar surface area (TPSA) is 71.4 Å². The third kappa shape index (κ3) is 6.52. The van der Waals surface area contributed by atoms with Crippen molar-refractivity contribution in [1.82, 2.24) is 0 Å². The Hall–Kier alpha value is -0.630. The van der Waals surface area contributed by atoms with Gasteiger partial charge in [-0.2, -0.15) is 21.6 Å². The van der Waals surface area contributed by atoms with E-state index in [1.54, 1.807) is 0 Å². The number of hydrogen-bond acceptors (Lipinski definition) is 3. The van der Waals surface area contributed by atoms with Crippen LogP contribution in [0.5, 0.6) is 0 Å². The van der Waals surface area contributed by atoms with Gasteiger partial charge in [-0.25, -0.2) is 0 Å². The molecule has 0 rings (SSSR count). The van der Waals surface area contributed by atoms with Crippen LogP contribution in [-0.4, -0.2) is 30.7 Å². The molecule has 0 aromatic heterocycles. The van der Waals surface area contributed by atoms with Gasteiger partial charge in [0.1, 0.15) is 0 Å². The maximum absolute atomic E-state index is 11.5. The fourth-order valence-corrected chi connectivity index (χ4v) is 1.07. The van der Waals surface area contributed by atoms with Gasteiger partial charge in [0.05, 0.1) is 5.75 Å². The molecule has 0 aliphatic heterocycles. The smallest absolute Gasteiger partial charge is 0.290 e. The number of carbonyl (C=O) groups excluding carboxylic acids is 1. The number of hydrogen-bond donors (Lipinski definition) is 1. The van der Waals surface area contributed by atoms with Gasteiger partial charge in [0.25, 0.3) is 10.1 Å². The largest absolute Gasteiger partial charge is 0.449 e. The summed E-state index contributed by atoms with van der Waals surface area (Å²) in [6, 6.07) is 0. The summed E-state index contributed by atoms with van der Waals surface area (Å²) >= 11 is 0. The lowest BCUT2D eigenvalue weighted by atomic mass is 10.2. The maximum atomic E-state index is 11.5. The van der Waals surface area contributed by atoms with Crippen LogP contribution >= 0.6 is 0 Å². The molecule has 0 heterocycles. The van der Waals surface area contributed by atoms with Crippen LogP contribution in [0.3, 0.4) is 0 Å². The highest BCUT2D eigenvalue weighted by Crippen LogP contribution is 2.18. The van der Waals surface area contributed by atoms with Gasteiger partial charge in [0.2, 0.25) is 5.78 Å². The van der Waals surface area contributed by atoms with E-state index >= 15 is 0 Å². The quantitative estimate of drug-likeness (QED) is 0.711. The summed E-state index contributed by atoms with van der Waals surface area (Å²) in [6.45, 7) is 0. The molecule has 8 heteroatoms. The van der Waals surface area contributed by atoms with Gasteiger partial charge in [0.15, 0.2) is 0 Å². The number of ketones is 1. The zero-order chi connectivity index (χ0) is 10.7. The lowest BCUT2D eigenvalue weighted by molar-refractivity contribution is -0.171. The van der Waals surface area contributed by atoms with Crippen LogP contribution in [0.1, 0.15) is 12.8 Å². The Morgan fingerprint density at radius 2 is 1.77 bits per heavy atom. The molecule has 0 atom stereocenters. The summed E-state index contributed by atoms with van der Waals surface area (Å²) in [6.07, 6.45) is -6.39. The fourth-order valence-electron chi connectivity index (χ4n) is 0.557. The van der Waals surface area contributed by atoms with Crippen molar-refractivity contribution < 1.29 is 30.9 Å². The summed E-state index contributed by atoms with van der Waals surface area (Å²) in [5.41, 5.74) is 0. The number of carbonyl (C=O) groups is 1. The van der Waals surface area contributed by atoms with Crippen molar-refractivity contribution in [2.75, 3.05) is 5.75 Å². The van der Waals surface area contributed by atoms with Crippen molar-refractivity contribution in [3.05, 3.63) is 0 Å². The minimum Gasteiger partial charge on any atom is -0.290 e. The molecule has 0 aliphatic rings. The molecule has 1 N–H and O–H groups in total. The van der Waals surface area contributed by atoms with Crippen molar-refractivity contribution in [1.29, 1.82) is 0 Å². The van der Waals surface area contributed by atoms with E-state index in [0.717, 1.165) is 0 Å². The van der Waals surface area contributed by atoms with Crippen LogP contribution < -0.4 is 0 Å². The molecular weight excluding hydrogens is 213 g/mol. The van der Waals surface area contributed by atoms with Crippen LogP contribution in [0.2, 0.25) is 0 Å². The zero-order valence-electron chi connectivity index (χ0n) is 6.34. The Morgan fingerprint density at radius 1 is 1.31 bits per heavy atom. The second-order valence-electron chi connectivity index (χ2n) is 2.31. The van der Waals surface area contributed by atoms with Crippen LogP contribution in [0, 0.1) is 0 Å². The van der Waals surface area contributed by atoms with E-state index in [1.165, 1.54) is 0 Å². The van der Waals surface area contributed by atoms with Crippen LogP contribution in [0.15, 0.2) is 0 Å². The van der Waals surface area contributed by atoms with E-state index in [9.17, 15) is 26.4 Å². The first-order valence-electron chi connectivity index (χ1n) is 3.18. The monoisotopic (exact) mass is 220 g/mol. The Bertz CT molecular complexity index is 279. The Kier molecular flexibility index (Phi) is 3.86. The van der Waals surface area contributed by atoms with E-state index in [4.69, 9.17) is 4.55 Å². The van der Waals surface area contributed by atoms with Crippen molar-refractivity contribution in [2.45, 2.75) is 19.0 Å². The van der Waals surface area contributed by atoms with Gasteiger partial charge in [0, 0.05) is 6.42 Å². The first-order valence-corrected chi connectivity index (χ1v) is 4.79. The molecule has 4 nitrogen and oxygen atoms in total. The molecule has 0 bridgehead atoms. The first kappa shape index (κ1) is 12.4. The number of Topliss-reactive ketones (excluding diaryl/α,β-unsaturated/α-hetero) is 1. The molecule has 13 heavy (non-hydrogen) atoms. The summed E-state index contributed by atoms with van der Waals surface area (Å²) in [5.74, 6) is -2.83. The molecule has 78 valence electrons. The van der Waals surface area contributed by atoms with E-state index in [2.05, 4.69) is 0 Å². The SMILES string of the molecule is O=C(CCCS(=O)(=O)O)C(F)(F)F. The van der Waals surface area contributed by atoms with Gasteiger partial charge < -0.3 is 0 Å². The molecular formula is C5H7F3O4S. The van der Waals surface area contributed by atoms with Crippen LogP contribution in [-0.2, 0) is 14.9 Å². The van der Waals surface area contributed by atoms with E-state index in [0.29, 0.717) is 0 Å². The first-order chi connectivity index (χ1) is 5.63. The third-order valence-corrected chi connectivity index (χ3v) is 1.93. The summed E-state index contributed by atoms with van der Waals surface area (Å²) in [7, 11) is -4.28. The van der Waals surface area contributed by atoms with Crippen molar-refractivity contribution in [3.8, 4) is 0 Å². The molecule has 0 aromatic carbocycles. The number of alkyl halides is 3. The summed E-state index contributed by atoms with van der Waals surface area (Å²) < 4.78 is 62.7. The Labute approximate surface area is 72.5 Å². The molecule has 0 radical (unpaired) electrons. The number of rotatable bonds is 4. The average Bonchev–Trinajstić information content (AvgIpc) is 1.82. The Morgan fingerprint density at radius 3 is 2.08 bits per heavy atom. The van der Waals surface area contributed by atoms with E-state index in [1.807, 2.05) is 0 Å². The van der Waals surface area contributed by atoms with Gasteiger partial charge >= 0.3 is 6.18 Å². The summed E-state index contributed by atoms with van der Waals surface area (Å²) in [4.78, 5) is 10.1. The van der Waals surface area contributed by atoms with Gasteiger partial charge in [-0.15, -0.1) is 0 Å². The minimum absolute atomic E-state index is 0.531. The Balaban J connectivity index is 3.87. The van der Waals surface area contributed by atoms with E-state index < -0.39 is 40.7 Å². The van der Waals surface area contributed by atoms with Crippen molar-refractivity contribution >= 4 is 15.9 Å². The molecule has 0 fully saturated rings. The standard InChI is InChI=1S/C5H7F3O4S/c6-5(7,8)4(9)2-1-3-13(10,11)12/h1-3H2,(H,10,11,12). The third-order valence-electron chi connectivity index (χ3n) is 1.12. The average molecular weight is 220 g/mol. The highest BCUT2D eigenvalue weighted by molar-refractivity contribution is 7.85. The predicted molar refractivity (Wildman–Crippen MR) is 36.7 cm³/mol. The second kappa shape index (κ2) is 4.05. The van der Waals surface area contributed by atoms with Gasteiger partial charge in [-0.05, 0) is 6.42 Å². The zero-order valence-corrected chi connectivity index (χ0v) is 7.15. The maximum Gasteiger partial charge on any atom is 0.449 e. The lowest BCUT2D eigenvalue weighted by Gasteiger charge is -2.03. The molecule has 0 spiro atoms. The normalized spacial score (nSPS) is 12.9. The fraction of sp³-hybridized carbons (Fsp3) is 0.800. The predicted octanol–water partition coefficient (Wildman–Crippen LogP) is 0.786. The van der Waals surface area contributed by atoms with E-state index in [-0.39, 0.29) is 0 Å². The van der Waals surface area contributed by atoms with Gasteiger partial charge in [-0.1, -0.05) is 0 Å². The summed E-state index contributed by atoms with van der Waals surface area (Å²) in [5, 5.41) is 0. The van der Waals surface area contributed by atoms with Crippen molar-refractivity contribution in [3.63, 3.8) is 0 Å². The van der Waals surface area contributed by atoms with Crippen LogP contribution in [0.4, 0.5) is 13.2 Å². The molecule has 0 saturated heterocycles. The lowest BCUT2D eigenvalue weighted by Crippen LogP contribution is -2.23. The van der Waals surface area contributed by atoms with Gasteiger partial charge in [-0.3, -0.25) is 9.35 Å². The molecule has 0 aromatic rings. The highest BCUT2D eigenvalue weighted by atomic mass is 32.2. The molecule has 0 unspecified atom stereocenters. The minimum atomic E-state index is -4.93. The number of halogens is 3. The highest BCUT2D eigenvalue weighted by Gasteiger charge is 2.37. The van der Waals surface area contributed by atoms with Crippen LogP contribution in [0.25, 0.3) is 0 Å². The van der Waals surface area contributed by atoms with Crippen molar-refractivity contribution in [2.24, 2.45) is 0 Å². The molecule has 0 aliphatic carbocycles. The molecule has 0 saturated carbocycles.